The molecule has 5 nitrogen and oxygen atoms in total. The van der Waals surface area contributed by atoms with Crippen molar-refractivity contribution in [3.8, 4) is 0 Å². The quantitative estimate of drug-likeness (QED) is 0.629. The zero-order valence-electron chi connectivity index (χ0n) is 15.3. The van der Waals surface area contributed by atoms with Crippen LogP contribution in [0.2, 0.25) is 0 Å². The lowest BCUT2D eigenvalue weighted by Crippen LogP contribution is -3.16. The minimum Gasteiger partial charge on any atom is -0.364 e. The van der Waals surface area contributed by atoms with Crippen molar-refractivity contribution < 1.29 is 14.4 Å². The first-order valence-corrected chi connectivity index (χ1v) is 9.08. The van der Waals surface area contributed by atoms with E-state index in [1.165, 1.54) is 4.90 Å². The molecule has 1 aliphatic rings. The van der Waals surface area contributed by atoms with Crippen LogP contribution in [0.5, 0.6) is 0 Å². The van der Waals surface area contributed by atoms with Gasteiger partial charge in [-0.1, -0.05) is 60.7 Å². The molecule has 2 atom stereocenters. The number of hydrogen-bond acceptors (Lipinski definition) is 3. The van der Waals surface area contributed by atoms with Gasteiger partial charge >= 0.3 is 0 Å². The zero-order valence-corrected chi connectivity index (χ0v) is 15.3. The van der Waals surface area contributed by atoms with Gasteiger partial charge in [-0.15, -0.1) is 0 Å². The van der Waals surface area contributed by atoms with Crippen molar-refractivity contribution in [2.24, 2.45) is 5.10 Å². The van der Waals surface area contributed by atoms with Crippen LogP contribution in [0.4, 0.5) is 0 Å². The van der Waals surface area contributed by atoms with Crippen molar-refractivity contribution in [1.29, 1.82) is 0 Å². The molecule has 0 aliphatic carbocycles. The van der Waals surface area contributed by atoms with Crippen LogP contribution in [0.25, 0.3) is 0 Å². The maximum Gasteiger partial charge on any atom is 0.295 e. The van der Waals surface area contributed by atoms with Gasteiger partial charge in [-0.3, -0.25) is 4.79 Å². The van der Waals surface area contributed by atoms with Gasteiger partial charge in [-0.25, -0.2) is 5.43 Å². The smallest absolute Gasteiger partial charge is 0.295 e. The third-order valence-corrected chi connectivity index (χ3v) is 4.41. The van der Waals surface area contributed by atoms with Crippen molar-refractivity contribution in [1.82, 2.24) is 5.43 Å². The molecule has 1 amide bonds. The molecule has 136 valence electrons. The minimum absolute atomic E-state index is 0.0781. The molecule has 0 unspecified atom stereocenters. The van der Waals surface area contributed by atoms with Gasteiger partial charge in [0, 0.05) is 11.1 Å². The molecule has 1 heterocycles. The predicted octanol–water partition coefficient (Wildman–Crippen LogP) is 1.25. The lowest BCUT2D eigenvalue weighted by Gasteiger charge is -2.31. The molecule has 0 radical (unpaired) electrons. The Hall–Kier alpha value is -2.50. The van der Waals surface area contributed by atoms with Gasteiger partial charge in [0.1, 0.15) is 25.3 Å². The maximum atomic E-state index is 12.4. The second-order valence-electron chi connectivity index (χ2n) is 6.82. The Bertz CT molecular complexity index is 695. The lowest BCUT2D eigenvalue weighted by molar-refractivity contribution is -0.907. The molecule has 1 saturated heterocycles. The molecular formula is C21H26N3O2+. The SMILES string of the molecule is C[C@H]1C[NH+](CC(=O)NN=C(c2ccccc2)c2ccccc2)C[C@H](C)O1. The van der Waals surface area contributed by atoms with E-state index in [0.717, 1.165) is 29.9 Å². The summed E-state index contributed by atoms with van der Waals surface area (Å²) in [6.07, 6.45) is 0.350. The number of rotatable bonds is 5. The summed E-state index contributed by atoms with van der Waals surface area (Å²) < 4.78 is 5.73. The van der Waals surface area contributed by atoms with E-state index >= 15 is 0 Å². The average molecular weight is 352 g/mol. The first-order valence-electron chi connectivity index (χ1n) is 9.08. The Morgan fingerprint density at radius 3 is 2.00 bits per heavy atom. The maximum absolute atomic E-state index is 12.4. The predicted molar refractivity (Wildman–Crippen MR) is 102 cm³/mol. The van der Waals surface area contributed by atoms with E-state index in [1.807, 2.05) is 60.7 Å². The fraction of sp³-hybridized carbons (Fsp3) is 0.333. The lowest BCUT2D eigenvalue weighted by atomic mass is 10.0. The summed E-state index contributed by atoms with van der Waals surface area (Å²) in [6, 6.07) is 19.8. The number of amides is 1. The zero-order chi connectivity index (χ0) is 18.4. The first-order chi connectivity index (χ1) is 12.6. The summed E-state index contributed by atoms with van der Waals surface area (Å²) in [6.45, 7) is 6.18. The molecule has 0 bridgehead atoms. The van der Waals surface area contributed by atoms with Crippen LogP contribution in [-0.4, -0.2) is 43.5 Å². The Morgan fingerprint density at radius 2 is 1.50 bits per heavy atom. The summed E-state index contributed by atoms with van der Waals surface area (Å²) in [5.41, 5.74) is 5.45. The summed E-state index contributed by atoms with van der Waals surface area (Å²) >= 11 is 0. The van der Waals surface area contributed by atoms with E-state index in [1.54, 1.807) is 0 Å². The molecule has 2 N–H and O–H groups in total. The molecule has 0 aromatic heterocycles. The summed E-state index contributed by atoms with van der Waals surface area (Å²) in [5, 5.41) is 4.44. The van der Waals surface area contributed by atoms with Gasteiger partial charge in [0.2, 0.25) is 0 Å². The van der Waals surface area contributed by atoms with Crippen molar-refractivity contribution in [3.63, 3.8) is 0 Å². The van der Waals surface area contributed by atoms with Crippen LogP contribution in [-0.2, 0) is 9.53 Å². The highest BCUT2D eigenvalue weighted by molar-refractivity contribution is 6.13. The first kappa shape index (κ1) is 18.3. The van der Waals surface area contributed by atoms with Crippen molar-refractivity contribution in [3.05, 3.63) is 71.8 Å². The van der Waals surface area contributed by atoms with Crippen molar-refractivity contribution >= 4 is 11.6 Å². The second kappa shape index (κ2) is 8.74. The van der Waals surface area contributed by atoms with Gasteiger partial charge in [0.05, 0.1) is 5.71 Å². The molecule has 0 saturated carbocycles. The topological polar surface area (TPSA) is 55.1 Å². The Kier molecular flexibility index (Phi) is 6.15. The van der Waals surface area contributed by atoms with Gasteiger partial charge in [-0.05, 0) is 13.8 Å². The van der Waals surface area contributed by atoms with Gasteiger partial charge in [-0.2, -0.15) is 5.10 Å². The average Bonchev–Trinajstić information content (AvgIpc) is 2.63. The van der Waals surface area contributed by atoms with Crippen LogP contribution in [0.3, 0.4) is 0 Å². The highest BCUT2D eigenvalue weighted by Gasteiger charge is 2.27. The molecule has 5 heteroatoms. The minimum atomic E-state index is -0.0781. The molecule has 2 aromatic rings. The van der Waals surface area contributed by atoms with Gasteiger partial charge in [0.25, 0.3) is 5.91 Å². The van der Waals surface area contributed by atoms with Crippen LogP contribution < -0.4 is 10.3 Å². The third-order valence-electron chi connectivity index (χ3n) is 4.41. The van der Waals surface area contributed by atoms with E-state index in [4.69, 9.17) is 4.74 Å². The Morgan fingerprint density at radius 1 is 1.00 bits per heavy atom. The Labute approximate surface area is 154 Å². The van der Waals surface area contributed by atoms with Crippen molar-refractivity contribution in [2.45, 2.75) is 26.1 Å². The number of quaternary nitrogens is 1. The fourth-order valence-corrected chi connectivity index (χ4v) is 3.41. The second-order valence-corrected chi connectivity index (χ2v) is 6.82. The molecule has 0 spiro atoms. The highest BCUT2D eigenvalue weighted by atomic mass is 16.5. The van der Waals surface area contributed by atoms with Crippen LogP contribution in [0.1, 0.15) is 25.0 Å². The number of nitrogens with one attached hydrogen (secondary N) is 2. The highest BCUT2D eigenvalue weighted by Crippen LogP contribution is 2.10. The number of carbonyl (C=O) groups excluding carboxylic acids is 1. The third kappa shape index (κ3) is 5.00. The largest absolute Gasteiger partial charge is 0.364 e. The summed E-state index contributed by atoms with van der Waals surface area (Å²) in [4.78, 5) is 13.6. The molecule has 1 aliphatic heterocycles. The standard InChI is InChI=1S/C21H25N3O2/c1-16-13-24(14-17(2)26-16)15-20(25)22-23-21(18-9-5-3-6-10-18)19-11-7-4-8-12-19/h3-12,16-17H,13-15H2,1-2H3,(H,22,25)/p+1/t16-,17-/m0/s1. The number of ether oxygens (including phenoxy) is 1. The summed E-state index contributed by atoms with van der Waals surface area (Å²) in [5.74, 6) is -0.0781. The number of hydrogen-bond donors (Lipinski definition) is 2. The van der Waals surface area contributed by atoms with Crippen molar-refractivity contribution in [2.75, 3.05) is 19.6 Å². The van der Waals surface area contributed by atoms with Gasteiger partial charge < -0.3 is 9.64 Å². The molecule has 3 rings (SSSR count). The molecule has 1 fully saturated rings. The normalized spacial score (nSPS) is 22.5. The van der Waals surface area contributed by atoms with Crippen LogP contribution in [0.15, 0.2) is 65.8 Å². The van der Waals surface area contributed by atoms with E-state index in [2.05, 4.69) is 24.4 Å². The summed E-state index contributed by atoms with van der Waals surface area (Å²) in [7, 11) is 0. The molecular weight excluding hydrogens is 326 g/mol. The van der Waals surface area contributed by atoms with Crippen LogP contribution in [0, 0.1) is 0 Å². The number of hydrazone groups is 1. The molecule has 26 heavy (non-hydrogen) atoms. The monoisotopic (exact) mass is 352 g/mol. The van der Waals surface area contributed by atoms with E-state index in [-0.39, 0.29) is 18.1 Å². The molecule has 2 aromatic carbocycles. The number of benzene rings is 2. The Balaban J connectivity index is 1.71. The van der Waals surface area contributed by atoms with E-state index < -0.39 is 0 Å². The van der Waals surface area contributed by atoms with E-state index in [9.17, 15) is 4.79 Å². The van der Waals surface area contributed by atoms with Gasteiger partial charge in [0.15, 0.2) is 6.54 Å². The number of nitrogens with zero attached hydrogens (tertiary/aromatic N) is 1. The number of morpholine rings is 1. The fourth-order valence-electron chi connectivity index (χ4n) is 3.41. The van der Waals surface area contributed by atoms with E-state index in [0.29, 0.717) is 6.54 Å². The van der Waals surface area contributed by atoms with Crippen LogP contribution >= 0.6 is 0 Å². The number of carbonyl (C=O) groups is 1.